The highest BCUT2D eigenvalue weighted by atomic mass is 35.5. The Morgan fingerprint density at radius 1 is 1.06 bits per heavy atom. The summed E-state index contributed by atoms with van der Waals surface area (Å²) < 4.78 is 17.9. The van der Waals surface area contributed by atoms with Gasteiger partial charge in [-0.05, 0) is 72.9 Å². The first kappa shape index (κ1) is 20.9. The van der Waals surface area contributed by atoms with E-state index in [1.807, 2.05) is 43.3 Å². The number of anilines is 1. The highest BCUT2D eigenvalue weighted by Gasteiger charge is 2.52. The zero-order chi connectivity index (χ0) is 21.4. The van der Waals surface area contributed by atoms with Crippen LogP contribution in [-0.2, 0) is 13.0 Å². The number of benzene rings is 2. The summed E-state index contributed by atoms with van der Waals surface area (Å²) in [5.74, 6) is 0.722. The van der Waals surface area contributed by atoms with Gasteiger partial charge in [-0.3, -0.25) is 0 Å². The van der Waals surface area contributed by atoms with E-state index in [-0.39, 0.29) is 5.82 Å². The molecule has 2 aliphatic carbocycles. The molecule has 0 bridgehead atoms. The Labute approximate surface area is 191 Å². The van der Waals surface area contributed by atoms with E-state index in [2.05, 4.69) is 20.0 Å². The molecule has 0 aliphatic heterocycles. The Bertz CT molecular complexity index is 1050. The molecule has 0 unspecified atom stereocenters. The fraction of sp³-hybridized carbons (Fsp3) is 0.417. The van der Waals surface area contributed by atoms with Gasteiger partial charge in [0.2, 0.25) is 5.13 Å². The first-order valence-electron chi connectivity index (χ1n) is 10.8. The summed E-state index contributed by atoms with van der Waals surface area (Å²) in [4.78, 5) is 4.66. The molecule has 3 aromatic rings. The molecule has 2 aromatic carbocycles. The third-order valence-corrected chi connectivity index (χ3v) is 7.54. The number of aryl methyl sites for hydroxylation is 1. The van der Waals surface area contributed by atoms with Crippen molar-refractivity contribution in [1.29, 1.82) is 0 Å². The van der Waals surface area contributed by atoms with E-state index in [0.717, 1.165) is 34.5 Å². The fourth-order valence-corrected chi connectivity index (χ4v) is 5.76. The van der Waals surface area contributed by atoms with Crippen LogP contribution in [0.3, 0.4) is 0 Å². The summed E-state index contributed by atoms with van der Waals surface area (Å²) in [6.07, 6.45) is 5.58. The second-order valence-corrected chi connectivity index (χ2v) is 10.3. The van der Waals surface area contributed by atoms with Gasteiger partial charge in [0.05, 0.1) is 0 Å². The molecule has 5 rings (SSSR count). The van der Waals surface area contributed by atoms with Crippen molar-refractivity contribution in [2.45, 2.75) is 57.7 Å². The molecular weight excluding hydrogens is 431 g/mol. The van der Waals surface area contributed by atoms with E-state index >= 15 is 0 Å². The summed E-state index contributed by atoms with van der Waals surface area (Å²) in [6, 6.07) is 14.3. The van der Waals surface area contributed by atoms with E-state index in [4.69, 9.17) is 11.6 Å². The molecule has 1 heterocycles. The summed E-state index contributed by atoms with van der Waals surface area (Å²) in [6.45, 7) is 2.63. The topological polar surface area (TPSA) is 49.8 Å². The molecular formula is C24H26ClFN4S. The second-order valence-electron chi connectivity index (χ2n) is 9.14. The SMILES string of the molecule is Cc1cc(CNC2CC3(C2)CC(Nc2nc(Cc4ccc(Cl)cc4)ns2)C3)ccc1F. The molecule has 0 atom stereocenters. The van der Waals surface area contributed by atoms with Gasteiger partial charge in [-0.1, -0.05) is 35.9 Å². The Hall–Kier alpha value is -2.02. The molecule has 4 nitrogen and oxygen atoms in total. The third kappa shape index (κ3) is 4.76. The molecule has 7 heteroatoms. The first-order chi connectivity index (χ1) is 15.0. The van der Waals surface area contributed by atoms with Crippen LogP contribution in [0.4, 0.5) is 9.52 Å². The first-order valence-corrected chi connectivity index (χ1v) is 11.9. The Morgan fingerprint density at radius 2 is 1.77 bits per heavy atom. The number of halogens is 2. The van der Waals surface area contributed by atoms with Crippen LogP contribution in [0.5, 0.6) is 0 Å². The van der Waals surface area contributed by atoms with Crippen molar-refractivity contribution in [3.63, 3.8) is 0 Å². The van der Waals surface area contributed by atoms with Crippen molar-refractivity contribution in [3.05, 3.63) is 75.8 Å². The van der Waals surface area contributed by atoms with Gasteiger partial charge in [-0.2, -0.15) is 4.37 Å². The van der Waals surface area contributed by atoms with Gasteiger partial charge < -0.3 is 10.6 Å². The Morgan fingerprint density at radius 3 is 2.52 bits per heavy atom. The van der Waals surface area contributed by atoms with Crippen LogP contribution in [0.2, 0.25) is 5.02 Å². The third-order valence-electron chi connectivity index (χ3n) is 6.61. The minimum atomic E-state index is -0.133. The standard InChI is InChI=1S/C24H26ClFN4S/c1-15-8-17(4-7-21(15)26)14-27-19-10-24(11-19)12-20(13-24)28-23-29-22(30-31-23)9-16-2-5-18(25)6-3-16/h2-8,19-20,27H,9-14H2,1H3,(H,28,29,30). The van der Waals surface area contributed by atoms with Crippen LogP contribution in [0.15, 0.2) is 42.5 Å². The molecule has 0 saturated heterocycles. The smallest absolute Gasteiger partial charge is 0.202 e. The van der Waals surface area contributed by atoms with E-state index in [0.29, 0.717) is 23.1 Å². The second kappa shape index (κ2) is 8.49. The van der Waals surface area contributed by atoms with Gasteiger partial charge in [0.1, 0.15) is 11.6 Å². The molecule has 2 aliphatic rings. The quantitative estimate of drug-likeness (QED) is 0.475. The lowest BCUT2D eigenvalue weighted by Gasteiger charge is -2.58. The average molecular weight is 457 g/mol. The maximum atomic E-state index is 13.4. The van der Waals surface area contributed by atoms with E-state index in [9.17, 15) is 4.39 Å². The highest BCUT2D eigenvalue weighted by molar-refractivity contribution is 7.09. The summed E-state index contributed by atoms with van der Waals surface area (Å²) in [7, 11) is 0. The summed E-state index contributed by atoms with van der Waals surface area (Å²) in [5, 5.41) is 8.86. The molecule has 0 radical (unpaired) electrons. The van der Waals surface area contributed by atoms with Crippen LogP contribution in [0.1, 0.15) is 48.2 Å². The molecule has 31 heavy (non-hydrogen) atoms. The number of aromatic nitrogens is 2. The zero-order valence-corrected chi connectivity index (χ0v) is 19.1. The van der Waals surface area contributed by atoms with Crippen LogP contribution < -0.4 is 10.6 Å². The fourth-order valence-electron chi connectivity index (χ4n) is 4.97. The van der Waals surface area contributed by atoms with Gasteiger partial charge in [0, 0.05) is 41.6 Å². The van der Waals surface area contributed by atoms with Gasteiger partial charge in [0.25, 0.3) is 0 Å². The number of nitrogens with one attached hydrogen (secondary N) is 2. The minimum Gasteiger partial charge on any atom is -0.358 e. The van der Waals surface area contributed by atoms with Crippen LogP contribution >= 0.6 is 23.1 Å². The lowest BCUT2D eigenvalue weighted by Crippen LogP contribution is -2.58. The van der Waals surface area contributed by atoms with Crippen molar-refractivity contribution >= 4 is 28.3 Å². The number of nitrogens with zero attached hydrogens (tertiary/aromatic N) is 2. The van der Waals surface area contributed by atoms with Crippen molar-refractivity contribution in [1.82, 2.24) is 14.7 Å². The number of hydrogen-bond donors (Lipinski definition) is 2. The lowest BCUT2D eigenvalue weighted by molar-refractivity contribution is -0.0125. The molecule has 2 fully saturated rings. The molecule has 1 spiro atoms. The predicted molar refractivity (Wildman–Crippen MR) is 124 cm³/mol. The highest BCUT2D eigenvalue weighted by Crippen LogP contribution is 2.56. The zero-order valence-electron chi connectivity index (χ0n) is 17.5. The molecule has 162 valence electrons. The van der Waals surface area contributed by atoms with E-state index in [1.54, 1.807) is 6.07 Å². The van der Waals surface area contributed by atoms with Crippen LogP contribution in [-0.4, -0.2) is 21.4 Å². The van der Waals surface area contributed by atoms with E-state index < -0.39 is 0 Å². The van der Waals surface area contributed by atoms with Crippen molar-refractivity contribution in [2.75, 3.05) is 5.32 Å². The minimum absolute atomic E-state index is 0.133. The van der Waals surface area contributed by atoms with Gasteiger partial charge in [-0.15, -0.1) is 0 Å². The summed E-state index contributed by atoms with van der Waals surface area (Å²) in [5.41, 5.74) is 3.52. The number of rotatable bonds is 7. The van der Waals surface area contributed by atoms with Crippen molar-refractivity contribution < 1.29 is 4.39 Å². The maximum absolute atomic E-state index is 13.4. The Kier molecular flexibility index (Phi) is 5.71. The summed E-state index contributed by atoms with van der Waals surface area (Å²) >= 11 is 7.39. The molecule has 2 saturated carbocycles. The van der Waals surface area contributed by atoms with Gasteiger partial charge in [-0.25, -0.2) is 9.37 Å². The normalized spacial score (nSPS) is 24.6. The van der Waals surface area contributed by atoms with Crippen LogP contribution in [0.25, 0.3) is 0 Å². The average Bonchev–Trinajstić information content (AvgIpc) is 3.13. The lowest BCUT2D eigenvalue weighted by atomic mass is 9.52. The van der Waals surface area contributed by atoms with Gasteiger partial charge >= 0.3 is 0 Å². The molecule has 2 N–H and O–H groups in total. The van der Waals surface area contributed by atoms with E-state index in [1.165, 1.54) is 42.8 Å². The van der Waals surface area contributed by atoms with Crippen LogP contribution in [0, 0.1) is 18.2 Å². The molecule has 0 amide bonds. The van der Waals surface area contributed by atoms with Crippen molar-refractivity contribution in [3.8, 4) is 0 Å². The maximum Gasteiger partial charge on any atom is 0.202 e. The largest absolute Gasteiger partial charge is 0.358 e. The van der Waals surface area contributed by atoms with Gasteiger partial charge in [0.15, 0.2) is 0 Å². The Balaban J connectivity index is 1.04. The predicted octanol–water partition coefficient (Wildman–Crippen LogP) is 5.74. The van der Waals surface area contributed by atoms with Crippen molar-refractivity contribution in [2.24, 2.45) is 5.41 Å². The monoisotopic (exact) mass is 456 g/mol. The molecule has 1 aromatic heterocycles. The number of hydrogen-bond acceptors (Lipinski definition) is 5.